The Balaban J connectivity index is 1.70. The first kappa shape index (κ1) is 18.6. The topological polar surface area (TPSA) is 72.0 Å². The van der Waals surface area contributed by atoms with Crippen molar-refractivity contribution in [1.29, 1.82) is 0 Å². The number of carbonyl (C=O) groups excluding carboxylic acids is 1. The minimum atomic E-state index is -1.50. The van der Waals surface area contributed by atoms with Gasteiger partial charge in [-0.2, -0.15) is 0 Å². The average molecular weight is 391 g/mol. The Morgan fingerprint density at radius 2 is 1.96 bits per heavy atom. The lowest BCUT2D eigenvalue weighted by molar-refractivity contribution is 0.0959. The largest absolute Gasteiger partial charge is 0.350 e. The van der Waals surface area contributed by atoms with Crippen LogP contribution in [0.4, 0.5) is 4.39 Å². The van der Waals surface area contributed by atoms with E-state index < -0.39 is 16.6 Å². The van der Waals surface area contributed by atoms with Gasteiger partial charge < -0.3 is 5.32 Å². The van der Waals surface area contributed by atoms with Crippen LogP contribution in [0, 0.1) is 26.6 Å². The van der Waals surface area contributed by atoms with Crippen LogP contribution < -0.4 is 5.32 Å². The van der Waals surface area contributed by atoms with E-state index in [0.717, 1.165) is 21.5 Å². The molecule has 136 valence electrons. The molecule has 2 heterocycles. The predicted molar refractivity (Wildman–Crippen MR) is 102 cm³/mol. The summed E-state index contributed by atoms with van der Waals surface area (Å²) in [5.74, 6) is 0.0766. The first-order valence-corrected chi connectivity index (χ1v) is 10.2. The summed E-state index contributed by atoms with van der Waals surface area (Å²) in [5, 5.41) is 3.67. The number of rotatable bonds is 5. The van der Waals surface area contributed by atoms with Gasteiger partial charge in [0, 0.05) is 23.4 Å². The lowest BCUT2D eigenvalue weighted by Crippen LogP contribution is -2.27. The SMILES string of the molecule is Cc1nc(C)c2c(C)c(C(=O)NCC[S@](=O)c3ccccc3F)sc2n1. The standard InChI is InChI=1S/C18H18FN3O2S2/c1-10-15-11(2)21-12(3)22-18(15)25-16(10)17(23)20-8-9-26(24)14-7-5-4-6-13(14)19/h4-7H,8-9H2,1-3H3,(H,20,23)/t26-/m0/s1. The molecule has 0 saturated carbocycles. The predicted octanol–water partition coefficient (Wildman–Crippen LogP) is 3.29. The summed E-state index contributed by atoms with van der Waals surface area (Å²) < 4.78 is 25.8. The van der Waals surface area contributed by atoms with Crippen molar-refractivity contribution < 1.29 is 13.4 Å². The van der Waals surface area contributed by atoms with Crippen LogP contribution in [0.5, 0.6) is 0 Å². The van der Waals surface area contributed by atoms with Crippen molar-refractivity contribution in [2.75, 3.05) is 12.3 Å². The number of carbonyl (C=O) groups is 1. The summed E-state index contributed by atoms with van der Waals surface area (Å²) in [4.78, 5) is 22.7. The van der Waals surface area contributed by atoms with Crippen molar-refractivity contribution in [3.8, 4) is 0 Å². The average Bonchev–Trinajstić information content (AvgIpc) is 2.91. The minimum Gasteiger partial charge on any atom is -0.350 e. The molecule has 0 aliphatic carbocycles. The molecule has 26 heavy (non-hydrogen) atoms. The quantitative estimate of drug-likeness (QED) is 0.724. The fraction of sp³-hybridized carbons (Fsp3) is 0.278. The van der Waals surface area contributed by atoms with Crippen molar-refractivity contribution >= 4 is 38.3 Å². The molecule has 2 aromatic heterocycles. The molecule has 3 aromatic rings. The third kappa shape index (κ3) is 3.66. The van der Waals surface area contributed by atoms with Gasteiger partial charge in [0.1, 0.15) is 16.5 Å². The number of aromatic nitrogens is 2. The lowest BCUT2D eigenvalue weighted by atomic mass is 10.1. The maximum absolute atomic E-state index is 13.6. The highest BCUT2D eigenvalue weighted by Gasteiger charge is 2.19. The van der Waals surface area contributed by atoms with E-state index in [-0.39, 0.29) is 23.1 Å². The summed E-state index contributed by atoms with van der Waals surface area (Å²) in [6.07, 6.45) is 0. The van der Waals surface area contributed by atoms with Crippen LogP contribution in [0.2, 0.25) is 0 Å². The van der Waals surface area contributed by atoms with Crippen LogP contribution in [0.15, 0.2) is 29.2 Å². The molecule has 0 unspecified atom stereocenters. The molecule has 0 saturated heterocycles. The molecule has 1 atom stereocenters. The van der Waals surface area contributed by atoms with E-state index in [4.69, 9.17) is 0 Å². The van der Waals surface area contributed by atoms with Gasteiger partial charge in [-0.25, -0.2) is 14.4 Å². The van der Waals surface area contributed by atoms with Crippen molar-refractivity contribution in [2.24, 2.45) is 0 Å². The van der Waals surface area contributed by atoms with Crippen LogP contribution in [0.3, 0.4) is 0 Å². The van der Waals surface area contributed by atoms with E-state index >= 15 is 0 Å². The molecule has 0 bridgehead atoms. The van der Waals surface area contributed by atoms with Gasteiger partial charge in [0.25, 0.3) is 5.91 Å². The Kier molecular flexibility index (Phi) is 5.43. The van der Waals surface area contributed by atoms with E-state index in [1.54, 1.807) is 12.1 Å². The zero-order valence-corrected chi connectivity index (χ0v) is 16.3. The Morgan fingerprint density at radius 3 is 2.69 bits per heavy atom. The van der Waals surface area contributed by atoms with Crippen LogP contribution in [0.1, 0.15) is 26.8 Å². The number of halogens is 1. The second-order valence-electron chi connectivity index (χ2n) is 5.83. The number of hydrogen-bond donors (Lipinski definition) is 1. The van der Waals surface area contributed by atoms with Crippen LogP contribution in [-0.4, -0.2) is 32.4 Å². The van der Waals surface area contributed by atoms with Gasteiger partial charge >= 0.3 is 0 Å². The number of amides is 1. The van der Waals surface area contributed by atoms with Crippen molar-refractivity contribution in [1.82, 2.24) is 15.3 Å². The number of hydrogen-bond acceptors (Lipinski definition) is 5. The zero-order chi connectivity index (χ0) is 18.8. The molecule has 0 aliphatic heterocycles. The van der Waals surface area contributed by atoms with E-state index in [1.807, 2.05) is 20.8 Å². The van der Waals surface area contributed by atoms with Gasteiger partial charge in [-0.15, -0.1) is 11.3 Å². The first-order valence-electron chi connectivity index (χ1n) is 8.04. The highest BCUT2D eigenvalue weighted by molar-refractivity contribution is 7.85. The lowest BCUT2D eigenvalue weighted by Gasteiger charge is -2.06. The normalized spacial score (nSPS) is 12.3. The van der Waals surface area contributed by atoms with Gasteiger partial charge in [-0.3, -0.25) is 9.00 Å². The molecule has 0 radical (unpaired) electrons. The van der Waals surface area contributed by atoms with Gasteiger partial charge in [0.15, 0.2) is 0 Å². The van der Waals surface area contributed by atoms with E-state index in [9.17, 15) is 13.4 Å². The summed E-state index contributed by atoms with van der Waals surface area (Å²) in [5.41, 5.74) is 1.69. The Labute approximate surface area is 157 Å². The molecule has 0 spiro atoms. The van der Waals surface area contributed by atoms with E-state index in [0.29, 0.717) is 10.7 Å². The maximum Gasteiger partial charge on any atom is 0.261 e. The van der Waals surface area contributed by atoms with Crippen LogP contribution in [-0.2, 0) is 10.8 Å². The third-order valence-electron chi connectivity index (χ3n) is 3.94. The zero-order valence-electron chi connectivity index (χ0n) is 14.6. The molecule has 1 aromatic carbocycles. The van der Waals surface area contributed by atoms with Crippen molar-refractivity contribution in [3.63, 3.8) is 0 Å². The third-order valence-corrected chi connectivity index (χ3v) is 6.53. The molecule has 5 nitrogen and oxygen atoms in total. The number of fused-ring (bicyclic) bond motifs is 1. The van der Waals surface area contributed by atoms with Gasteiger partial charge in [0.2, 0.25) is 0 Å². The Bertz CT molecular complexity index is 1020. The van der Waals surface area contributed by atoms with E-state index in [1.165, 1.54) is 23.5 Å². The molecular formula is C18H18FN3O2S2. The summed E-state index contributed by atoms with van der Waals surface area (Å²) >= 11 is 1.32. The smallest absolute Gasteiger partial charge is 0.261 e. The second-order valence-corrected chi connectivity index (χ2v) is 8.37. The van der Waals surface area contributed by atoms with Gasteiger partial charge in [-0.1, -0.05) is 12.1 Å². The molecular weight excluding hydrogens is 373 g/mol. The Hall–Kier alpha value is -2.19. The van der Waals surface area contributed by atoms with Crippen molar-refractivity contribution in [2.45, 2.75) is 25.7 Å². The summed E-state index contributed by atoms with van der Waals surface area (Å²) in [6, 6.07) is 5.96. The molecule has 1 amide bonds. The molecule has 3 rings (SSSR count). The highest BCUT2D eigenvalue weighted by atomic mass is 32.2. The number of benzene rings is 1. The van der Waals surface area contributed by atoms with E-state index in [2.05, 4.69) is 15.3 Å². The number of nitrogens with zero attached hydrogens (tertiary/aromatic N) is 2. The summed E-state index contributed by atoms with van der Waals surface area (Å²) in [6.45, 7) is 5.78. The van der Waals surface area contributed by atoms with Gasteiger partial charge in [-0.05, 0) is 38.5 Å². The highest BCUT2D eigenvalue weighted by Crippen LogP contribution is 2.31. The summed E-state index contributed by atoms with van der Waals surface area (Å²) in [7, 11) is -1.50. The molecule has 1 N–H and O–H groups in total. The number of thiophene rings is 1. The van der Waals surface area contributed by atoms with Gasteiger partial charge in [0.05, 0.1) is 20.6 Å². The second kappa shape index (κ2) is 7.59. The monoisotopic (exact) mass is 391 g/mol. The number of aryl methyl sites for hydroxylation is 3. The van der Waals surface area contributed by atoms with Crippen LogP contribution in [0.25, 0.3) is 10.2 Å². The fourth-order valence-corrected chi connectivity index (χ4v) is 4.98. The molecule has 0 fully saturated rings. The molecule has 0 aliphatic rings. The first-order chi connectivity index (χ1) is 12.4. The van der Waals surface area contributed by atoms with Crippen LogP contribution >= 0.6 is 11.3 Å². The number of nitrogens with one attached hydrogen (secondary N) is 1. The van der Waals surface area contributed by atoms with Crippen molar-refractivity contribution in [3.05, 3.63) is 52.0 Å². The fourth-order valence-electron chi connectivity index (χ4n) is 2.77. The minimum absolute atomic E-state index is 0.147. The maximum atomic E-state index is 13.6. The molecule has 8 heteroatoms. The Morgan fingerprint density at radius 1 is 1.23 bits per heavy atom.